The predicted octanol–water partition coefficient (Wildman–Crippen LogP) is 3.67. The standard InChI is InChI=1S/C25H31N7O2/c1-15-8-18(10-19-9-16(2)29-30-19)28-23(27-15)17-6-7-22(26-12-17)31-13-20-11-21(14-31)32(20)24(33)34-25(3,4)5/h6-9,12,20-21H,10-11,13-14H2,1-5H3,(H,29,30). The van der Waals surface area contributed by atoms with Crippen LogP contribution in [0.3, 0.4) is 0 Å². The van der Waals surface area contributed by atoms with Crippen LogP contribution in [0.1, 0.15) is 50.0 Å². The number of aromatic nitrogens is 5. The molecule has 3 fully saturated rings. The molecule has 2 unspecified atom stereocenters. The van der Waals surface area contributed by atoms with E-state index in [4.69, 9.17) is 14.7 Å². The molecular formula is C25H31N7O2. The van der Waals surface area contributed by atoms with E-state index in [2.05, 4.69) is 20.1 Å². The lowest BCUT2D eigenvalue weighted by Gasteiger charge is -2.56. The molecule has 3 aromatic rings. The summed E-state index contributed by atoms with van der Waals surface area (Å²) in [5, 5.41) is 7.29. The number of ether oxygens (including phenoxy) is 1. The fourth-order valence-corrected chi connectivity index (χ4v) is 4.72. The van der Waals surface area contributed by atoms with Crippen LogP contribution in [0.25, 0.3) is 11.4 Å². The zero-order valence-corrected chi connectivity index (χ0v) is 20.4. The van der Waals surface area contributed by atoms with Crippen molar-refractivity contribution < 1.29 is 9.53 Å². The SMILES string of the molecule is Cc1cc(Cc2cc(C)[nH]n2)nc(-c2ccc(N3CC4CC(C3)N4C(=O)OC(C)(C)C)nc2)n1. The average Bonchev–Trinajstić information content (AvgIpc) is 3.16. The molecule has 0 saturated carbocycles. The summed E-state index contributed by atoms with van der Waals surface area (Å²) in [5.41, 5.74) is 4.23. The van der Waals surface area contributed by atoms with Gasteiger partial charge in [0.1, 0.15) is 11.4 Å². The molecule has 0 spiro atoms. The number of nitrogens with zero attached hydrogens (tertiary/aromatic N) is 6. The van der Waals surface area contributed by atoms with Crippen molar-refractivity contribution in [1.29, 1.82) is 0 Å². The fourth-order valence-electron chi connectivity index (χ4n) is 4.72. The van der Waals surface area contributed by atoms with Gasteiger partial charge in [0.2, 0.25) is 0 Å². The zero-order valence-electron chi connectivity index (χ0n) is 20.4. The van der Waals surface area contributed by atoms with Gasteiger partial charge in [-0.05, 0) is 65.3 Å². The van der Waals surface area contributed by atoms with Crippen molar-refractivity contribution in [2.24, 2.45) is 0 Å². The van der Waals surface area contributed by atoms with Gasteiger partial charge >= 0.3 is 6.09 Å². The number of fused-ring (bicyclic) bond motifs is 2. The molecule has 178 valence electrons. The van der Waals surface area contributed by atoms with E-state index < -0.39 is 5.60 Å². The zero-order chi connectivity index (χ0) is 24.0. The van der Waals surface area contributed by atoms with E-state index >= 15 is 0 Å². The third kappa shape index (κ3) is 4.60. The molecule has 1 N–H and O–H groups in total. The second-order valence-electron chi connectivity index (χ2n) is 10.3. The maximum Gasteiger partial charge on any atom is 0.410 e. The Morgan fingerprint density at radius 2 is 1.88 bits per heavy atom. The van der Waals surface area contributed by atoms with Gasteiger partial charge in [-0.1, -0.05) is 0 Å². The molecule has 3 saturated heterocycles. The Bertz CT molecular complexity index is 1190. The average molecular weight is 462 g/mol. The topological polar surface area (TPSA) is 100 Å². The number of H-pyrrole nitrogens is 1. The summed E-state index contributed by atoms with van der Waals surface area (Å²) in [7, 11) is 0. The number of hydrogen-bond acceptors (Lipinski definition) is 7. The number of piperidine rings is 1. The van der Waals surface area contributed by atoms with Gasteiger partial charge < -0.3 is 9.64 Å². The molecule has 2 bridgehead atoms. The molecule has 6 rings (SSSR count). The Labute approximate surface area is 199 Å². The van der Waals surface area contributed by atoms with Crippen LogP contribution in [0.4, 0.5) is 10.6 Å². The maximum atomic E-state index is 12.5. The summed E-state index contributed by atoms with van der Waals surface area (Å²) in [5.74, 6) is 1.57. The molecule has 6 heterocycles. The summed E-state index contributed by atoms with van der Waals surface area (Å²) in [6.07, 6.45) is 3.28. The first-order valence-electron chi connectivity index (χ1n) is 11.7. The number of aromatic amines is 1. The summed E-state index contributed by atoms with van der Waals surface area (Å²) in [4.78, 5) is 30.7. The number of carbonyl (C=O) groups excluding carboxylic acids is 1. The van der Waals surface area contributed by atoms with Crippen LogP contribution in [-0.4, -0.2) is 66.9 Å². The largest absolute Gasteiger partial charge is 0.444 e. The summed E-state index contributed by atoms with van der Waals surface area (Å²) < 4.78 is 5.57. The molecule has 0 aliphatic carbocycles. The molecule has 2 atom stereocenters. The number of amides is 1. The Hall–Kier alpha value is -3.49. The first-order valence-corrected chi connectivity index (χ1v) is 11.7. The van der Waals surface area contributed by atoms with Crippen molar-refractivity contribution >= 4 is 11.9 Å². The highest BCUT2D eigenvalue weighted by Crippen LogP contribution is 2.35. The van der Waals surface area contributed by atoms with E-state index in [0.29, 0.717) is 12.2 Å². The number of carbonyl (C=O) groups is 1. The van der Waals surface area contributed by atoms with Crippen LogP contribution < -0.4 is 4.90 Å². The van der Waals surface area contributed by atoms with Crippen LogP contribution in [0, 0.1) is 13.8 Å². The summed E-state index contributed by atoms with van der Waals surface area (Å²) in [6, 6.07) is 8.39. The Morgan fingerprint density at radius 1 is 1.12 bits per heavy atom. The van der Waals surface area contributed by atoms with Gasteiger partial charge in [-0.25, -0.2) is 19.7 Å². The van der Waals surface area contributed by atoms with Crippen molar-refractivity contribution in [2.45, 2.75) is 65.1 Å². The quantitative estimate of drug-likeness (QED) is 0.633. The fraction of sp³-hybridized carbons (Fsp3) is 0.480. The maximum absolute atomic E-state index is 12.5. The van der Waals surface area contributed by atoms with E-state index in [-0.39, 0.29) is 18.2 Å². The molecule has 9 heteroatoms. The Morgan fingerprint density at radius 3 is 2.50 bits per heavy atom. The lowest BCUT2D eigenvalue weighted by molar-refractivity contribution is -0.0380. The minimum absolute atomic E-state index is 0.170. The summed E-state index contributed by atoms with van der Waals surface area (Å²) >= 11 is 0. The van der Waals surface area contributed by atoms with Gasteiger partial charge in [0.25, 0.3) is 0 Å². The number of rotatable bonds is 4. The number of pyridine rings is 1. The summed E-state index contributed by atoms with van der Waals surface area (Å²) in [6.45, 7) is 11.2. The second kappa shape index (κ2) is 8.38. The second-order valence-corrected chi connectivity index (χ2v) is 10.3. The van der Waals surface area contributed by atoms with Gasteiger partial charge in [-0.3, -0.25) is 10.00 Å². The highest BCUT2D eigenvalue weighted by molar-refractivity contribution is 5.71. The predicted molar refractivity (Wildman–Crippen MR) is 129 cm³/mol. The number of anilines is 1. The van der Waals surface area contributed by atoms with E-state index in [1.54, 1.807) is 0 Å². The first-order chi connectivity index (χ1) is 16.1. The van der Waals surface area contributed by atoms with Gasteiger partial charge in [0.05, 0.1) is 23.5 Å². The molecule has 3 aliphatic heterocycles. The Kier molecular flexibility index (Phi) is 5.50. The molecular weight excluding hydrogens is 430 g/mol. The minimum atomic E-state index is -0.479. The lowest BCUT2D eigenvalue weighted by Crippen LogP contribution is -2.70. The molecule has 9 nitrogen and oxygen atoms in total. The van der Waals surface area contributed by atoms with Gasteiger partial charge in [0, 0.05) is 42.7 Å². The number of piperazine rings is 1. The lowest BCUT2D eigenvalue weighted by atomic mass is 9.88. The van der Waals surface area contributed by atoms with Crippen molar-refractivity contribution in [3.8, 4) is 11.4 Å². The third-order valence-electron chi connectivity index (χ3n) is 6.16. The van der Waals surface area contributed by atoms with Gasteiger partial charge in [-0.15, -0.1) is 0 Å². The van der Waals surface area contributed by atoms with Crippen molar-refractivity contribution in [3.05, 3.63) is 53.2 Å². The first kappa shape index (κ1) is 22.3. The Balaban J connectivity index is 1.27. The van der Waals surface area contributed by atoms with E-state index in [9.17, 15) is 4.79 Å². The van der Waals surface area contributed by atoms with E-state index in [0.717, 1.165) is 53.7 Å². The van der Waals surface area contributed by atoms with E-state index in [1.807, 2.05) is 70.0 Å². The molecule has 3 aromatic heterocycles. The van der Waals surface area contributed by atoms with Crippen LogP contribution >= 0.6 is 0 Å². The highest BCUT2D eigenvalue weighted by atomic mass is 16.6. The number of aryl methyl sites for hydroxylation is 2. The van der Waals surface area contributed by atoms with Crippen molar-refractivity contribution in [2.75, 3.05) is 18.0 Å². The molecule has 3 aliphatic rings. The minimum Gasteiger partial charge on any atom is -0.444 e. The highest BCUT2D eigenvalue weighted by Gasteiger charge is 2.49. The molecule has 0 radical (unpaired) electrons. The van der Waals surface area contributed by atoms with Crippen LogP contribution in [0.5, 0.6) is 0 Å². The monoisotopic (exact) mass is 461 g/mol. The van der Waals surface area contributed by atoms with Crippen molar-refractivity contribution in [3.63, 3.8) is 0 Å². The van der Waals surface area contributed by atoms with Crippen LogP contribution in [-0.2, 0) is 11.2 Å². The van der Waals surface area contributed by atoms with Crippen LogP contribution in [0.15, 0.2) is 30.5 Å². The van der Waals surface area contributed by atoms with E-state index in [1.165, 1.54) is 0 Å². The van der Waals surface area contributed by atoms with Gasteiger partial charge in [0.15, 0.2) is 5.82 Å². The third-order valence-corrected chi connectivity index (χ3v) is 6.16. The van der Waals surface area contributed by atoms with Crippen molar-refractivity contribution in [1.82, 2.24) is 30.0 Å². The molecule has 34 heavy (non-hydrogen) atoms. The normalized spacial score (nSPS) is 19.7. The van der Waals surface area contributed by atoms with Gasteiger partial charge in [-0.2, -0.15) is 5.10 Å². The van der Waals surface area contributed by atoms with Crippen LogP contribution in [0.2, 0.25) is 0 Å². The number of hydrogen-bond donors (Lipinski definition) is 1. The number of nitrogens with one attached hydrogen (secondary N) is 1. The smallest absolute Gasteiger partial charge is 0.410 e. The molecule has 0 aromatic carbocycles. The molecule has 1 amide bonds.